The van der Waals surface area contributed by atoms with E-state index in [1.807, 2.05) is 0 Å². The third-order valence-corrected chi connectivity index (χ3v) is 6.89. The molecule has 0 saturated heterocycles. The Balaban J connectivity index is 2.24. The molecule has 6 aromatic carbocycles. The molecule has 0 aliphatic carbocycles. The van der Waals surface area contributed by atoms with Gasteiger partial charge in [0, 0.05) is 6.85 Å². The zero-order valence-electron chi connectivity index (χ0n) is 42.5. The van der Waals surface area contributed by atoms with Crippen LogP contribution in [-0.2, 0) is 11.1 Å². The smallest absolute Gasteiger partial charge is 0.0985 e. The van der Waals surface area contributed by atoms with Gasteiger partial charge in [-0.2, -0.15) is 0 Å². The molecule has 0 aliphatic heterocycles. The highest BCUT2D eigenvalue weighted by Crippen LogP contribution is 2.53. The summed E-state index contributed by atoms with van der Waals surface area (Å²) in [6.07, 6.45) is 0. The van der Waals surface area contributed by atoms with Crippen LogP contribution in [0.2, 0.25) is 0 Å². The summed E-state index contributed by atoms with van der Waals surface area (Å²) in [6, 6.07) is 2.17. The molecule has 0 fully saturated rings. The van der Waals surface area contributed by atoms with Gasteiger partial charge in [-0.05, 0) is 39.9 Å². The fourth-order valence-corrected chi connectivity index (χ4v) is 5.30. The Kier molecular flexibility index (Phi) is 3.35. The first-order valence-corrected chi connectivity index (χ1v) is 12.6. The summed E-state index contributed by atoms with van der Waals surface area (Å²) in [5.41, 5.74) is -10.3. The first-order valence-electron chi connectivity index (χ1n) is 23.1. The van der Waals surface area contributed by atoms with Gasteiger partial charge in [-0.15, -0.1) is 0 Å². The second-order valence-corrected chi connectivity index (χ2v) is 8.89. The summed E-state index contributed by atoms with van der Waals surface area (Å²) in [5.74, 6) is 0. The maximum Gasteiger partial charge on any atom is 0.0985 e. The van der Waals surface area contributed by atoms with Gasteiger partial charge in [0.1, 0.15) is 0 Å². The third kappa shape index (κ3) is 4.49. The van der Waals surface area contributed by atoms with E-state index in [4.69, 9.17) is 17.8 Å². The average Bonchev–Trinajstić information content (AvgIpc) is 3.24. The van der Waals surface area contributed by atoms with Gasteiger partial charge in [-0.3, -0.25) is 4.90 Å². The Hall–Kier alpha value is -4.72. The minimum Gasteiger partial charge on any atom is -0.269 e. The van der Waals surface area contributed by atoms with Gasteiger partial charge in [0.05, 0.1) is 33.0 Å². The standard InChI is InChI=1S/C40H35N/c1-2-41(39(33-21-9-3-10-22-33,34-23-11-4-12-24-34)35-25-13-5-14-26-35)40(36-27-15-6-16-28-36,37-29-17-7-18-30-37)38-31-19-8-20-32-38/h3-32H,2H2,1H3/i1T3,2T2,3T,4T,5T,6T,9T,10T,11T,12T,13T,14T,21T,22T,23T,24T,25T,26T. The molecule has 6 aromatic rings. The second-order valence-electron chi connectivity index (χ2n) is 8.89. The number of nitrogens with zero attached hydrogens (tertiary/aromatic N) is 1. The quantitative estimate of drug-likeness (QED) is 0.156. The molecule has 0 unspecified atom stereocenters. The van der Waals surface area contributed by atoms with E-state index in [2.05, 4.69) is 0 Å². The molecule has 1 heteroatoms. The summed E-state index contributed by atoms with van der Waals surface area (Å²) < 4.78 is 192. The van der Waals surface area contributed by atoms with Crippen LogP contribution < -0.4 is 0 Å². The predicted molar refractivity (Wildman–Crippen MR) is 171 cm³/mol. The van der Waals surface area contributed by atoms with E-state index >= 15 is 0 Å². The van der Waals surface area contributed by atoms with Crippen molar-refractivity contribution in [2.75, 3.05) is 6.50 Å². The van der Waals surface area contributed by atoms with Gasteiger partial charge in [0.25, 0.3) is 0 Å². The number of hydrogen-bond donors (Lipinski definition) is 0. The third-order valence-electron chi connectivity index (χ3n) is 6.89. The minimum atomic E-state index is -4.08. The molecule has 41 heavy (non-hydrogen) atoms. The lowest BCUT2D eigenvalue weighted by atomic mass is 9.68. The molecule has 1 nitrogen and oxygen atoms in total. The van der Waals surface area contributed by atoms with E-state index in [1.165, 1.54) is 72.8 Å². The van der Waals surface area contributed by atoms with E-state index in [1.54, 1.807) is 12.1 Å². The van der Waals surface area contributed by atoms with Crippen molar-refractivity contribution >= 4 is 0 Å². The summed E-state index contributed by atoms with van der Waals surface area (Å²) in [6.45, 7) is -8.04. The van der Waals surface area contributed by atoms with Gasteiger partial charge in [-0.1, -0.05) is 188 Å². The number of benzene rings is 6. The number of rotatable bonds is 9. The largest absolute Gasteiger partial charge is 0.269 e. The highest BCUT2D eigenvalue weighted by molar-refractivity contribution is 5.56. The molecule has 0 aromatic heterocycles. The van der Waals surface area contributed by atoms with Crippen LogP contribution in [0.25, 0.3) is 0 Å². The van der Waals surface area contributed by atoms with Crippen molar-refractivity contribution in [1.29, 1.82) is 0 Å². The van der Waals surface area contributed by atoms with E-state index in [9.17, 15) is 11.0 Å². The molecule has 0 heterocycles. The van der Waals surface area contributed by atoms with E-state index < -0.39 is 132 Å². The topological polar surface area (TPSA) is 3.24 Å². The van der Waals surface area contributed by atoms with Crippen LogP contribution in [0, 0.1) is 0 Å². The fourth-order valence-electron chi connectivity index (χ4n) is 5.30. The lowest BCUT2D eigenvalue weighted by molar-refractivity contribution is 0.0719. The molecule has 0 saturated carbocycles. The summed E-state index contributed by atoms with van der Waals surface area (Å²) in [7, 11) is 0. The Labute approximate surface area is 273 Å². The molecule has 0 amide bonds. The average molecular weight is 572 g/mol. The van der Waals surface area contributed by atoms with Crippen LogP contribution in [0.5, 0.6) is 0 Å². The lowest BCUT2D eigenvalue weighted by Crippen LogP contribution is -2.59. The van der Waals surface area contributed by atoms with Crippen molar-refractivity contribution in [2.24, 2.45) is 0 Å². The van der Waals surface area contributed by atoms with Crippen molar-refractivity contribution in [2.45, 2.75) is 17.9 Å². The van der Waals surface area contributed by atoms with Gasteiger partial charge < -0.3 is 0 Å². The van der Waals surface area contributed by atoms with E-state index in [-0.39, 0.29) is 22.7 Å². The minimum absolute atomic E-state index is 0.0615. The zero-order valence-corrected chi connectivity index (χ0v) is 21.5. The highest BCUT2D eigenvalue weighted by atomic mass is 15.3. The lowest BCUT2D eigenvalue weighted by Gasteiger charge is -2.56. The van der Waals surface area contributed by atoms with Crippen LogP contribution in [0.3, 0.4) is 0 Å². The first kappa shape index (κ1) is 11.6. The summed E-state index contributed by atoms with van der Waals surface area (Å²) >= 11 is 0. The molecule has 0 radical (unpaired) electrons. The zero-order chi connectivity index (χ0) is 46.2. The molecule has 0 atom stereocenters. The molecular formula is C40H35N. The van der Waals surface area contributed by atoms with Crippen molar-refractivity contribution < 1.29 is 28.8 Å². The van der Waals surface area contributed by atoms with Crippen molar-refractivity contribution in [3.8, 4) is 0 Å². The molecule has 0 aliphatic rings. The Morgan fingerprint density at radius 2 is 0.805 bits per heavy atom. The maximum atomic E-state index is 10.1. The normalized spacial score (nSPS) is 19.8. The fraction of sp³-hybridized carbons (Fsp3) is 0.100. The Bertz CT molecular complexity index is 2420. The molecule has 6 rings (SSSR count). The Morgan fingerprint density at radius 3 is 1.17 bits per heavy atom. The van der Waals surface area contributed by atoms with Crippen LogP contribution >= 0.6 is 0 Å². The maximum absolute atomic E-state index is 10.1. The van der Waals surface area contributed by atoms with Crippen LogP contribution in [-0.4, -0.2) is 11.4 Å². The summed E-state index contributed by atoms with van der Waals surface area (Å²) in [5, 5.41) is 0. The van der Waals surface area contributed by atoms with E-state index in [0.717, 1.165) is 0 Å². The summed E-state index contributed by atoms with van der Waals surface area (Å²) in [4.78, 5) is 0.416. The monoisotopic (exact) mass is 571 g/mol. The van der Waals surface area contributed by atoms with Gasteiger partial charge in [-0.25, -0.2) is 0 Å². The molecule has 0 bridgehead atoms. The van der Waals surface area contributed by atoms with Gasteiger partial charge >= 0.3 is 0 Å². The van der Waals surface area contributed by atoms with Crippen LogP contribution in [0.1, 0.15) is 69.0 Å². The predicted octanol–water partition coefficient (Wildman–Crippen LogP) is 9.29. The number of hydrogen-bond acceptors (Lipinski definition) is 1. The van der Waals surface area contributed by atoms with Crippen molar-refractivity contribution in [3.63, 3.8) is 0 Å². The van der Waals surface area contributed by atoms with Gasteiger partial charge in [0.15, 0.2) is 0 Å². The SMILES string of the molecule is [3H]c1ccc(C(c2ccccc2)(c2ccccc2)N(C(c2c([3H])c([3H])c([3H])c([3H])c2[3H])(c2c([3H])c([3H])c([3H])c([3H])c2[3H])c2c([3H])c([3H])c([3H])c([3H])c2[3H])C([3H])([3H])C([3H])([3H])[3H])cc1. The van der Waals surface area contributed by atoms with Gasteiger partial charge in [0.2, 0.25) is 0 Å². The Morgan fingerprint density at radius 1 is 0.463 bits per heavy atom. The highest BCUT2D eigenvalue weighted by Gasteiger charge is 2.53. The van der Waals surface area contributed by atoms with E-state index in [0.29, 0.717) is 4.90 Å². The van der Waals surface area contributed by atoms with Crippen molar-refractivity contribution in [1.82, 2.24) is 4.90 Å². The first-order chi connectivity index (χ1) is 28.9. The molecular weight excluding hydrogens is 494 g/mol. The van der Waals surface area contributed by atoms with Crippen LogP contribution in [0.15, 0.2) is 182 Å². The molecule has 0 N–H and O–H groups in total. The molecule has 200 valence electrons. The molecule has 0 spiro atoms. The second kappa shape index (κ2) is 11.8. The van der Waals surface area contributed by atoms with Crippen molar-refractivity contribution in [3.05, 3.63) is 215 Å². The van der Waals surface area contributed by atoms with Crippen LogP contribution in [0.4, 0.5) is 0 Å².